The molecule has 126 valence electrons. The number of rotatable bonds is 5. The van der Waals surface area contributed by atoms with Crippen LogP contribution in [0, 0.1) is 13.8 Å². The maximum Gasteiger partial charge on any atom is 0.158 e. The van der Waals surface area contributed by atoms with Gasteiger partial charge in [-0.1, -0.05) is 23.7 Å². The summed E-state index contributed by atoms with van der Waals surface area (Å²) in [4.78, 5) is 6.08. The molecular weight excluding hydrogens is 322 g/mol. The average Bonchev–Trinajstić information content (AvgIpc) is 2.95. The summed E-state index contributed by atoms with van der Waals surface area (Å²) >= 11 is 5.98. The van der Waals surface area contributed by atoms with Crippen LogP contribution >= 0.6 is 11.6 Å². The van der Waals surface area contributed by atoms with E-state index in [1.165, 1.54) is 4.90 Å². The number of hydrogen-bond donors (Lipinski definition) is 2. The van der Waals surface area contributed by atoms with Gasteiger partial charge in [-0.3, -0.25) is 0 Å². The first-order chi connectivity index (χ1) is 11.5. The van der Waals surface area contributed by atoms with Crippen molar-refractivity contribution in [1.82, 2.24) is 14.6 Å². The molecule has 5 nitrogen and oxygen atoms in total. The highest BCUT2D eigenvalue weighted by Gasteiger charge is 2.13. The highest BCUT2D eigenvalue weighted by atomic mass is 35.5. The van der Waals surface area contributed by atoms with Crippen LogP contribution in [0.4, 0.5) is 5.82 Å². The molecule has 3 rings (SSSR count). The van der Waals surface area contributed by atoms with Gasteiger partial charge < -0.3 is 10.2 Å². The van der Waals surface area contributed by atoms with E-state index in [9.17, 15) is 0 Å². The fourth-order valence-electron chi connectivity index (χ4n) is 2.60. The minimum absolute atomic E-state index is 0.723. The summed E-state index contributed by atoms with van der Waals surface area (Å²) in [6.45, 7) is 6.04. The van der Waals surface area contributed by atoms with Gasteiger partial charge in [-0.2, -0.15) is 9.61 Å². The maximum absolute atomic E-state index is 5.98. The summed E-state index contributed by atoms with van der Waals surface area (Å²) < 4.78 is 1.90. The largest absolute Gasteiger partial charge is 0.364 e. The fraction of sp³-hybridized carbons (Fsp3) is 0.333. The molecule has 2 heterocycles. The van der Waals surface area contributed by atoms with Crippen molar-refractivity contribution in [2.24, 2.45) is 0 Å². The number of likely N-dealkylation sites (N-methyl/N-ethyl adjacent to an activating group) is 1. The van der Waals surface area contributed by atoms with Crippen molar-refractivity contribution in [2.45, 2.75) is 13.8 Å². The molecule has 0 atom stereocenters. The Balaban J connectivity index is 2.02. The molecule has 2 N–H and O–H groups in total. The predicted octanol–water partition coefficient (Wildman–Crippen LogP) is 2.22. The first-order valence-electron chi connectivity index (χ1n) is 8.11. The quantitative estimate of drug-likeness (QED) is 0.746. The van der Waals surface area contributed by atoms with Gasteiger partial charge in [0.2, 0.25) is 0 Å². The van der Waals surface area contributed by atoms with Crippen molar-refractivity contribution in [3.8, 4) is 11.3 Å². The molecule has 0 saturated heterocycles. The van der Waals surface area contributed by atoms with Crippen molar-refractivity contribution < 1.29 is 4.90 Å². The number of nitrogens with one attached hydrogen (secondary N) is 2. The van der Waals surface area contributed by atoms with Crippen LogP contribution in [0.15, 0.2) is 30.3 Å². The molecule has 1 aromatic carbocycles. The molecule has 0 unspecified atom stereocenters. The zero-order chi connectivity index (χ0) is 17.3. The lowest BCUT2D eigenvalue weighted by atomic mass is 10.1. The smallest absolute Gasteiger partial charge is 0.158 e. The average molecular weight is 345 g/mol. The Hall–Kier alpha value is -2.11. The summed E-state index contributed by atoms with van der Waals surface area (Å²) in [6, 6.07) is 9.73. The van der Waals surface area contributed by atoms with Crippen LogP contribution in [-0.2, 0) is 0 Å². The van der Waals surface area contributed by atoms with Gasteiger partial charge in [0.25, 0.3) is 0 Å². The van der Waals surface area contributed by atoms with E-state index in [0.717, 1.165) is 52.1 Å². The van der Waals surface area contributed by atoms with E-state index in [2.05, 4.69) is 31.3 Å². The molecule has 0 bridgehead atoms. The second kappa shape index (κ2) is 6.79. The Morgan fingerprint density at radius 2 is 1.88 bits per heavy atom. The van der Waals surface area contributed by atoms with Crippen LogP contribution in [0.1, 0.15) is 11.3 Å². The van der Waals surface area contributed by atoms with Gasteiger partial charge in [-0.25, -0.2) is 4.98 Å². The van der Waals surface area contributed by atoms with Crippen LogP contribution in [0.2, 0.25) is 5.02 Å². The van der Waals surface area contributed by atoms with Crippen LogP contribution in [0.25, 0.3) is 16.9 Å². The number of nitrogens with zero attached hydrogens (tertiary/aromatic N) is 3. The van der Waals surface area contributed by atoms with E-state index in [4.69, 9.17) is 16.7 Å². The molecule has 0 saturated carbocycles. The zero-order valence-electron chi connectivity index (χ0n) is 14.5. The standard InChI is InChI=1S/C18H22ClN5/c1-12-13(2)21-17-11-16(14-5-7-15(19)8-6-14)22-24(17)18(12)20-9-10-23(3)4/h5-8,11,20H,9-10H2,1-4H3/p+1. The number of hydrogen-bond acceptors (Lipinski definition) is 3. The maximum atomic E-state index is 5.98. The van der Waals surface area contributed by atoms with Gasteiger partial charge in [0.05, 0.1) is 32.9 Å². The van der Waals surface area contributed by atoms with Gasteiger partial charge in [-0.15, -0.1) is 0 Å². The Kier molecular flexibility index (Phi) is 4.73. The van der Waals surface area contributed by atoms with Gasteiger partial charge >= 0.3 is 0 Å². The number of halogens is 1. The molecule has 24 heavy (non-hydrogen) atoms. The van der Waals surface area contributed by atoms with Crippen LogP contribution in [0.5, 0.6) is 0 Å². The molecule has 0 fully saturated rings. The van der Waals surface area contributed by atoms with E-state index in [1.54, 1.807) is 0 Å². The molecule has 0 aliphatic heterocycles. The molecular formula is C18H23ClN5+. The van der Waals surface area contributed by atoms with E-state index in [0.29, 0.717) is 0 Å². The van der Waals surface area contributed by atoms with Crippen molar-refractivity contribution >= 4 is 23.1 Å². The monoisotopic (exact) mass is 344 g/mol. The Labute approximate surface area is 147 Å². The van der Waals surface area contributed by atoms with E-state index in [1.807, 2.05) is 41.8 Å². The molecule has 0 aliphatic carbocycles. The number of anilines is 1. The number of quaternary nitrogens is 1. The summed E-state index contributed by atoms with van der Waals surface area (Å²) in [5, 5.41) is 9.00. The zero-order valence-corrected chi connectivity index (χ0v) is 15.3. The second-order valence-electron chi connectivity index (χ2n) is 6.36. The SMILES string of the molecule is Cc1nc2cc(-c3ccc(Cl)cc3)nn2c(NCC[NH+](C)C)c1C. The first kappa shape index (κ1) is 16.7. The Bertz CT molecular complexity index is 852. The highest BCUT2D eigenvalue weighted by Crippen LogP contribution is 2.25. The van der Waals surface area contributed by atoms with Crippen molar-refractivity contribution in [2.75, 3.05) is 32.5 Å². The third-order valence-electron chi connectivity index (χ3n) is 4.14. The summed E-state index contributed by atoms with van der Waals surface area (Å²) in [5.74, 6) is 1.01. The summed E-state index contributed by atoms with van der Waals surface area (Å²) in [7, 11) is 4.29. The lowest BCUT2D eigenvalue weighted by Gasteiger charge is -2.14. The topological polar surface area (TPSA) is 46.7 Å². The molecule has 3 aromatic rings. The van der Waals surface area contributed by atoms with Crippen molar-refractivity contribution in [1.29, 1.82) is 0 Å². The van der Waals surface area contributed by atoms with Crippen LogP contribution < -0.4 is 10.2 Å². The lowest BCUT2D eigenvalue weighted by molar-refractivity contribution is -0.856. The molecule has 2 aromatic heterocycles. The minimum atomic E-state index is 0.723. The van der Waals surface area contributed by atoms with Gasteiger partial charge in [-0.05, 0) is 26.0 Å². The molecule has 0 radical (unpaired) electrons. The van der Waals surface area contributed by atoms with E-state index in [-0.39, 0.29) is 0 Å². The molecule has 0 aliphatic rings. The molecule has 6 heteroatoms. The van der Waals surface area contributed by atoms with Gasteiger partial charge in [0.15, 0.2) is 5.65 Å². The molecule has 0 spiro atoms. The number of aromatic nitrogens is 3. The minimum Gasteiger partial charge on any atom is -0.364 e. The Morgan fingerprint density at radius 1 is 1.17 bits per heavy atom. The van der Waals surface area contributed by atoms with Crippen LogP contribution in [0.3, 0.4) is 0 Å². The highest BCUT2D eigenvalue weighted by molar-refractivity contribution is 6.30. The first-order valence-corrected chi connectivity index (χ1v) is 8.49. The second-order valence-corrected chi connectivity index (χ2v) is 6.80. The predicted molar refractivity (Wildman–Crippen MR) is 99.1 cm³/mol. The van der Waals surface area contributed by atoms with Crippen molar-refractivity contribution in [3.05, 3.63) is 46.6 Å². The van der Waals surface area contributed by atoms with E-state index < -0.39 is 0 Å². The van der Waals surface area contributed by atoms with Crippen LogP contribution in [-0.4, -0.2) is 41.8 Å². The van der Waals surface area contributed by atoms with Gasteiger partial charge in [0.1, 0.15) is 5.82 Å². The van der Waals surface area contributed by atoms with E-state index >= 15 is 0 Å². The third kappa shape index (κ3) is 3.37. The third-order valence-corrected chi connectivity index (χ3v) is 4.39. The number of fused-ring (bicyclic) bond motifs is 1. The fourth-order valence-corrected chi connectivity index (χ4v) is 2.73. The Morgan fingerprint density at radius 3 is 2.54 bits per heavy atom. The normalized spacial score (nSPS) is 11.4. The van der Waals surface area contributed by atoms with Crippen molar-refractivity contribution in [3.63, 3.8) is 0 Å². The number of benzene rings is 1. The summed E-state index contributed by atoms with van der Waals surface area (Å²) in [6.07, 6.45) is 0. The lowest BCUT2D eigenvalue weighted by Crippen LogP contribution is -3.06. The molecule has 0 amide bonds. The van der Waals surface area contributed by atoms with Gasteiger partial charge in [0, 0.05) is 27.9 Å². The number of aryl methyl sites for hydroxylation is 1. The summed E-state index contributed by atoms with van der Waals surface area (Å²) in [5.41, 5.74) is 4.92.